The Labute approximate surface area is 140 Å². The number of para-hydroxylation sites is 1. The number of fused-ring (bicyclic) bond motifs is 2. The second-order valence-electron chi connectivity index (χ2n) is 5.37. The van der Waals surface area contributed by atoms with E-state index in [-0.39, 0.29) is 17.4 Å². The van der Waals surface area contributed by atoms with Crippen LogP contribution >= 0.6 is 11.3 Å². The van der Waals surface area contributed by atoms with Crippen molar-refractivity contribution in [2.45, 2.75) is 0 Å². The van der Waals surface area contributed by atoms with Gasteiger partial charge in [0.25, 0.3) is 17.7 Å². The largest absolute Gasteiger partial charge is 0.298 e. The van der Waals surface area contributed by atoms with Crippen molar-refractivity contribution in [3.8, 4) is 0 Å². The minimum atomic E-state index is -0.398. The fourth-order valence-electron chi connectivity index (χ4n) is 2.60. The summed E-state index contributed by atoms with van der Waals surface area (Å²) in [6.45, 7) is 0. The third kappa shape index (κ3) is 2.17. The zero-order valence-corrected chi connectivity index (χ0v) is 13.4. The molecule has 118 valence electrons. The van der Waals surface area contributed by atoms with E-state index >= 15 is 0 Å². The van der Waals surface area contributed by atoms with Gasteiger partial charge in [-0.3, -0.25) is 24.6 Å². The highest BCUT2D eigenvalue weighted by atomic mass is 32.1. The second kappa shape index (κ2) is 5.24. The zero-order chi connectivity index (χ0) is 16.8. The summed E-state index contributed by atoms with van der Waals surface area (Å²) < 4.78 is 0.976. The van der Waals surface area contributed by atoms with E-state index in [2.05, 4.69) is 10.3 Å². The molecule has 0 radical (unpaired) electrons. The number of carbonyl (C=O) groups excluding carboxylic acids is 3. The number of amides is 3. The maximum atomic E-state index is 12.4. The highest BCUT2D eigenvalue weighted by Gasteiger charge is 2.33. The van der Waals surface area contributed by atoms with Crippen molar-refractivity contribution in [2.24, 2.45) is 0 Å². The van der Waals surface area contributed by atoms with Gasteiger partial charge in [0.15, 0.2) is 5.13 Å². The molecule has 0 unspecified atom stereocenters. The van der Waals surface area contributed by atoms with Gasteiger partial charge in [-0.2, -0.15) is 0 Å². The van der Waals surface area contributed by atoms with Crippen molar-refractivity contribution >= 4 is 44.4 Å². The minimum absolute atomic E-state index is 0.249. The molecule has 1 aromatic heterocycles. The summed E-state index contributed by atoms with van der Waals surface area (Å²) in [4.78, 5) is 41.7. The van der Waals surface area contributed by atoms with E-state index in [4.69, 9.17) is 0 Å². The number of nitrogens with zero attached hydrogens (tertiary/aromatic N) is 2. The summed E-state index contributed by atoms with van der Waals surface area (Å²) >= 11 is 1.37. The molecule has 1 aliphatic heterocycles. The maximum absolute atomic E-state index is 12.4. The lowest BCUT2D eigenvalue weighted by Crippen LogP contribution is -2.24. The molecule has 0 spiro atoms. The predicted molar refractivity (Wildman–Crippen MR) is 90.4 cm³/mol. The van der Waals surface area contributed by atoms with E-state index in [0.29, 0.717) is 16.3 Å². The Bertz CT molecular complexity index is 992. The van der Waals surface area contributed by atoms with Crippen LogP contribution in [0.5, 0.6) is 0 Å². The minimum Gasteiger partial charge on any atom is -0.298 e. The number of benzene rings is 2. The van der Waals surface area contributed by atoms with Gasteiger partial charge < -0.3 is 0 Å². The third-order valence-electron chi connectivity index (χ3n) is 3.87. The fraction of sp³-hybridized carbons (Fsp3) is 0.0588. The number of nitrogens with one attached hydrogen (secondary N) is 1. The van der Waals surface area contributed by atoms with Crippen molar-refractivity contribution in [3.63, 3.8) is 0 Å². The molecule has 0 atom stereocenters. The Hall–Kier alpha value is -3.06. The van der Waals surface area contributed by atoms with E-state index in [1.54, 1.807) is 0 Å². The first kappa shape index (κ1) is 14.5. The summed E-state index contributed by atoms with van der Waals surface area (Å²) in [7, 11) is 1.42. The lowest BCUT2D eigenvalue weighted by molar-refractivity contribution is 0.0693. The van der Waals surface area contributed by atoms with Crippen molar-refractivity contribution in [3.05, 3.63) is 59.2 Å². The molecule has 2 aromatic carbocycles. The van der Waals surface area contributed by atoms with E-state index < -0.39 is 5.91 Å². The summed E-state index contributed by atoms with van der Waals surface area (Å²) in [5, 5.41) is 3.22. The number of thiazole rings is 1. The molecule has 0 fully saturated rings. The van der Waals surface area contributed by atoms with Crippen LogP contribution in [0.4, 0.5) is 5.13 Å². The molecule has 4 rings (SSSR count). The van der Waals surface area contributed by atoms with Crippen LogP contribution in [0.25, 0.3) is 10.2 Å². The van der Waals surface area contributed by atoms with Gasteiger partial charge in [-0.1, -0.05) is 23.5 Å². The number of carbonyl (C=O) groups is 3. The summed E-state index contributed by atoms with van der Waals surface area (Å²) in [6, 6.07) is 12.1. The SMILES string of the molecule is CN1C(=O)c2ccc(C(=O)Nc3nc4ccccc4s3)cc2C1=O. The molecule has 3 aromatic rings. The Balaban J connectivity index is 1.64. The van der Waals surface area contributed by atoms with Crippen LogP contribution in [0, 0.1) is 0 Å². The number of imide groups is 1. The van der Waals surface area contributed by atoms with Crippen LogP contribution in [0.1, 0.15) is 31.1 Å². The van der Waals surface area contributed by atoms with Gasteiger partial charge in [0, 0.05) is 12.6 Å². The Kier molecular flexibility index (Phi) is 3.17. The molecule has 1 aliphatic rings. The molecule has 7 heteroatoms. The van der Waals surface area contributed by atoms with E-state index in [1.165, 1.54) is 36.6 Å². The van der Waals surface area contributed by atoms with Crippen molar-refractivity contribution in [1.29, 1.82) is 0 Å². The smallest absolute Gasteiger partial charge is 0.261 e. The van der Waals surface area contributed by atoms with Crippen LogP contribution in [-0.4, -0.2) is 34.7 Å². The molecular formula is C17H11N3O3S. The Morgan fingerprint density at radius 1 is 1.08 bits per heavy atom. The van der Waals surface area contributed by atoms with Crippen molar-refractivity contribution in [1.82, 2.24) is 9.88 Å². The Morgan fingerprint density at radius 3 is 2.62 bits per heavy atom. The predicted octanol–water partition coefficient (Wildman–Crippen LogP) is 2.77. The molecule has 2 heterocycles. The molecule has 0 saturated carbocycles. The normalized spacial score (nSPS) is 13.5. The summed E-state index contributed by atoms with van der Waals surface area (Å²) in [5.41, 5.74) is 1.69. The summed E-state index contributed by atoms with van der Waals surface area (Å²) in [5.74, 6) is -1.12. The second-order valence-corrected chi connectivity index (χ2v) is 6.40. The fourth-order valence-corrected chi connectivity index (χ4v) is 3.46. The summed E-state index contributed by atoms with van der Waals surface area (Å²) in [6.07, 6.45) is 0. The van der Waals surface area contributed by atoms with Gasteiger partial charge >= 0.3 is 0 Å². The number of hydrogen-bond acceptors (Lipinski definition) is 5. The molecule has 0 bridgehead atoms. The lowest BCUT2D eigenvalue weighted by atomic mass is 10.1. The van der Waals surface area contributed by atoms with Gasteiger partial charge in [-0.15, -0.1) is 0 Å². The lowest BCUT2D eigenvalue weighted by Gasteiger charge is -2.03. The molecular weight excluding hydrogens is 326 g/mol. The van der Waals surface area contributed by atoms with Gasteiger partial charge in [-0.05, 0) is 30.3 Å². The molecule has 1 N–H and O–H groups in total. The highest BCUT2D eigenvalue weighted by Crippen LogP contribution is 2.27. The van der Waals surface area contributed by atoms with Gasteiger partial charge in [0.05, 0.1) is 21.3 Å². The molecule has 3 amide bonds. The van der Waals surface area contributed by atoms with Gasteiger partial charge in [-0.25, -0.2) is 4.98 Å². The van der Waals surface area contributed by atoms with E-state index in [0.717, 1.165) is 15.1 Å². The number of anilines is 1. The highest BCUT2D eigenvalue weighted by molar-refractivity contribution is 7.22. The average molecular weight is 337 g/mol. The van der Waals surface area contributed by atoms with Gasteiger partial charge in [0.2, 0.25) is 0 Å². The van der Waals surface area contributed by atoms with Crippen LogP contribution in [0.2, 0.25) is 0 Å². The number of aromatic nitrogens is 1. The van der Waals surface area contributed by atoms with Crippen LogP contribution < -0.4 is 5.32 Å². The Morgan fingerprint density at radius 2 is 1.83 bits per heavy atom. The molecule has 6 nitrogen and oxygen atoms in total. The van der Waals surface area contributed by atoms with Crippen molar-refractivity contribution < 1.29 is 14.4 Å². The van der Waals surface area contributed by atoms with E-state index in [1.807, 2.05) is 24.3 Å². The van der Waals surface area contributed by atoms with Crippen LogP contribution in [0.15, 0.2) is 42.5 Å². The number of rotatable bonds is 2. The average Bonchev–Trinajstić information content (AvgIpc) is 3.09. The first-order chi connectivity index (χ1) is 11.5. The molecule has 24 heavy (non-hydrogen) atoms. The quantitative estimate of drug-likeness (QED) is 0.729. The molecule has 0 aliphatic carbocycles. The van der Waals surface area contributed by atoms with Crippen LogP contribution in [0.3, 0.4) is 0 Å². The zero-order valence-electron chi connectivity index (χ0n) is 12.6. The topological polar surface area (TPSA) is 79.4 Å². The first-order valence-corrected chi connectivity index (χ1v) is 7.99. The third-order valence-corrected chi connectivity index (χ3v) is 4.82. The van der Waals surface area contributed by atoms with E-state index in [9.17, 15) is 14.4 Å². The number of hydrogen-bond donors (Lipinski definition) is 1. The van der Waals surface area contributed by atoms with Gasteiger partial charge in [0.1, 0.15) is 0 Å². The first-order valence-electron chi connectivity index (χ1n) is 7.18. The maximum Gasteiger partial charge on any atom is 0.261 e. The monoisotopic (exact) mass is 337 g/mol. The standard InChI is InChI=1S/C17H11N3O3S/c1-20-15(22)10-7-6-9(8-11(10)16(20)23)14(21)19-17-18-12-4-2-3-5-13(12)24-17/h2-8H,1H3,(H,18,19,21). The molecule has 0 saturated heterocycles. The van der Waals surface area contributed by atoms with Crippen LogP contribution in [-0.2, 0) is 0 Å². The van der Waals surface area contributed by atoms with Crippen molar-refractivity contribution in [2.75, 3.05) is 12.4 Å².